The summed E-state index contributed by atoms with van der Waals surface area (Å²) >= 11 is 3.08. The lowest BCUT2D eigenvalue weighted by Crippen LogP contribution is -2.43. The molecule has 2 nitrogen and oxygen atoms in total. The average molecular weight is 353 g/mol. The van der Waals surface area contributed by atoms with Gasteiger partial charge >= 0.3 is 0 Å². The molecule has 0 N–H and O–H groups in total. The Morgan fingerprint density at radius 2 is 1.04 bits per heavy atom. The van der Waals surface area contributed by atoms with Crippen LogP contribution in [-0.4, -0.2) is 11.5 Å². The zero-order chi connectivity index (χ0) is 17.5. The first-order valence-corrected chi connectivity index (χ1v) is 9.89. The van der Waals surface area contributed by atoms with Crippen LogP contribution in [-0.2, 0) is 9.49 Å². The number of thioether (sulfide) groups is 2. The van der Waals surface area contributed by atoms with Crippen LogP contribution in [0.15, 0.2) is 60.7 Å². The molecule has 2 atom stereocenters. The SMILES string of the molecule is CCS[C@@](C#N)(c1ccccc1)[C@](C#N)(SCC)c1ccccc1. The van der Waals surface area contributed by atoms with Gasteiger partial charge in [-0.25, -0.2) is 0 Å². The summed E-state index contributed by atoms with van der Waals surface area (Å²) in [6.45, 7) is 4.06. The Morgan fingerprint density at radius 3 is 1.29 bits per heavy atom. The Hall–Kier alpha value is -1.88. The van der Waals surface area contributed by atoms with E-state index >= 15 is 0 Å². The van der Waals surface area contributed by atoms with E-state index in [2.05, 4.69) is 12.1 Å². The van der Waals surface area contributed by atoms with Gasteiger partial charge in [0.25, 0.3) is 0 Å². The predicted octanol–water partition coefficient (Wildman–Crippen LogP) is 5.33. The highest BCUT2D eigenvalue weighted by Crippen LogP contribution is 2.57. The van der Waals surface area contributed by atoms with E-state index in [0.717, 1.165) is 22.6 Å². The van der Waals surface area contributed by atoms with E-state index in [1.807, 2.05) is 74.5 Å². The second kappa shape index (κ2) is 8.29. The van der Waals surface area contributed by atoms with Crippen LogP contribution in [0.25, 0.3) is 0 Å². The van der Waals surface area contributed by atoms with Gasteiger partial charge in [-0.3, -0.25) is 0 Å². The van der Waals surface area contributed by atoms with E-state index in [9.17, 15) is 10.5 Å². The Labute approximate surface area is 152 Å². The van der Waals surface area contributed by atoms with Gasteiger partial charge in [0.2, 0.25) is 0 Å². The highest BCUT2D eigenvalue weighted by atomic mass is 32.2. The second-order valence-corrected chi connectivity index (χ2v) is 8.14. The van der Waals surface area contributed by atoms with Crippen LogP contribution in [0.3, 0.4) is 0 Å². The molecule has 0 heterocycles. The molecular formula is C20H20N2S2. The number of nitrogens with zero attached hydrogens (tertiary/aromatic N) is 2. The first kappa shape index (κ1) is 18.5. The van der Waals surface area contributed by atoms with Crippen molar-refractivity contribution in [2.75, 3.05) is 11.5 Å². The van der Waals surface area contributed by atoms with Gasteiger partial charge in [0, 0.05) is 0 Å². The van der Waals surface area contributed by atoms with Gasteiger partial charge in [-0.1, -0.05) is 74.5 Å². The summed E-state index contributed by atoms with van der Waals surface area (Å²) in [5.41, 5.74) is 1.76. The number of hydrogen-bond donors (Lipinski definition) is 0. The maximum atomic E-state index is 10.3. The molecule has 4 heteroatoms. The monoisotopic (exact) mass is 352 g/mol. The number of rotatable bonds is 7. The summed E-state index contributed by atoms with van der Waals surface area (Å²) < 4.78 is -1.94. The molecule has 2 aromatic carbocycles. The predicted molar refractivity (Wildman–Crippen MR) is 104 cm³/mol. The van der Waals surface area contributed by atoms with Crippen LogP contribution >= 0.6 is 23.5 Å². The molecule has 0 spiro atoms. The van der Waals surface area contributed by atoms with E-state index in [-0.39, 0.29) is 0 Å². The maximum Gasteiger partial charge on any atom is 0.159 e. The zero-order valence-electron chi connectivity index (χ0n) is 13.9. The van der Waals surface area contributed by atoms with Crippen molar-refractivity contribution in [3.05, 3.63) is 71.8 Å². The van der Waals surface area contributed by atoms with Crippen LogP contribution in [0, 0.1) is 22.7 Å². The third-order valence-electron chi connectivity index (χ3n) is 3.89. The molecule has 0 amide bonds. The Kier molecular flexibility index (Phi) is 6.37. The summed E-state index contributed by atoms with van der Waals surface area (Å²) in [6, 6.07) is 24.5. The van der Waals surface area contributed by atoms with Gasteiger partial charge in [0.1, 0.15) is 0 Å². The Morgan fingerprint density at radius 1 is 0.708 bits per heavy atom. The third kappa shape index (κ3) is 3.05. The van der Waals surface area contributed by atoms with Crippen molar-refractivity contribution < 1.29 is 0 Å². The second-order valence-electron chi connectivity index (χ2n) is 5.18. The van der Waals surface area contributed by atoms with Crippen molar-refractivity contribution in [1.82, 2.24) is 0 Å². The molecule has 0 saturated heterocycles. The lowest BCUT2D eigenvalue weighted by molar-refractivity contribution is 0.645. The smallest absolute Gasteiger partial charge is 0.159 e. The minimum Gasteiger partial charge on any atom is -0.196 e. The molecule has 0 bridgehead atoms. The van der Waals surface area contributed by atoms with Crippen molar-refractivity contribution in [3.63, 3.8) is 0 Å². The van der Waals surface area contributed by atoms with E-state index in [1.54, 1.807) is 0 Å². The zero-order valence-corrected chi connectivity index (χ0v) is 15.5. The summed E-state index contributed by atoms with van der Waals surface area (Å²) in [7, 11) is 0. The first-order chi connectivity index (χ1) is 11.7. The molecule has 0 fully saturated rings. The van der Waals surface area contributed by atoms with Crippen molar-refractivity contribution in [1.29, 1.82) is 10.5 Å². The fourth-order valence-electron chi connectivity index (χ4n) is 2.91. The van der Waals surface area contributed by atoms with E-state index in [0.29, 0.717) is 0 Å². The van der Waals surface area contributed by atoms with Gasteiger partial charge in [-0.15, -0.1) is 23.5 Å². The molecule has 0 aliphatic heterocycles. The molecule has 122 valence electrons. The van der Waals surface area contributed by atoms with Crippen molar-refractivity contribution >= 4 is 23.5 Å². The molecule has 2 rings (SSSR count). The lowest BCUT2D eigenvalue weighted by atomic mass is 9.81. The van der Waals surface area contributed by atoms with Crippen molar-refractivity contribution in [2.24, 2.45) is 0 Å². The Balaban J connectivity index is 2.81. The highest BCUT2D eigenvalue weighted by molar-refractivity contribution is 8.04. The largest absolute Gasteiger partial charge is 0.196 e. The molecular weight excluding hydrogens is 332 g/mol. The summed E-state index contributed by atoms with van der Waals surface area (Å²) in [6.07, 6.45) is 0. The standard InChI is InChI=1S/C20H20N2S2/c1-3-23-19(15-21,17-11-7-5-8-12-17)20(16-22,24-4-2)18-13-9-6-10-14-18/h5-14H,3-4H2,1-2H3/t19-,20+. The van der Waals surface area contributed by atoms with Crippen molar-refractivity contribution in [2.45, 2.75) is 23.3 Å². The van der Waals surface area contributed by atoms with E-state index in [1.165, 1.54) is 23.5 Å². The number of nitriles is 2. The van der Waals surface area contributed by atoms with Gasteiger partial charge in [-0.05, 0) is 22.6 Å². The fraction of sp³-hybridized carbons (Fsp3) is 0.300. The number of benzene rings is 2. The van der Waals surface area contributed by atoms with E-state index in [4.69, 9.17) is 0 Å². The van der Waals surface area contributed by atoms with Gasteiger partial charge in [0.15, 0.2) is 9.49 Å². The average Bonchev–Trinajstić information content (AvgIpc) is 2.66. The van der Waals surface area contributed by atoms with Crippen LogP contribution in [0.1, 0.15) is 25.0 Å². The molecule has 0 saturated carbocycles. The quantitative estimate of drug-likeness (QED) is 0.675. The fourth-order valence-corrected chi connectivity index (χ4v) is 5.59. The normalized spacial score (nSPS) is 15.5. The summed E-state index contributed by atoms with van der Waals surface area (Å²) in [5, 5.41) is 20.6. The minimum atomic E-state index is -0.972. The lowest BCUT2D eigenvalue weighted by Gasteiger charge is -2.41. The molecule has 2 aromatic rings. The van der Waals surface area contributed by atoms with Crippen LogP contribution in [0.5, 0.6) is 0 Å². The van der Waals surface area contributed by atoms with E-state index < -0.39 is 9.49 Å². The molecule has 0 aliphatic carbocycles. The maximum absolute atomic E-state index is 10.3. The Bertz CT molecular complexity index is 668. The van der Waals surface area contributed by atoms with Crippen molar-refractivity contribution in [3.8, 4) is 12.1 Å². The molecule has 0 aliphatic rings. The van der Waals surface area contributed by atoms with Crippen LogP contribution in [0.4, 0.5) is 0 Å². The molecule has 0 radical (unpaired) electrons. The molecule has 0 unspecified atom stereocenters. The summed E-state index contributed by atoms with van der Waals surface area (Å²) in [4.78, 5) is 0. The van der Waals surface area contributed by atoms with Crippen LogP contribution in [0.2, 0.25) is 0 Å². The summed E-state index contributed by atoms with van der Waals surface area (Å²) in [5.74, 6) is 1.51. The number of hydrogen-bond acceptors (Lipinski definition) is 4. The first-order valence-electron chi connectivity index (χ1n) is 7.92. The topological polar surface area (TPSA) is 47.6 Å². The third-order valence-corrected chi connectivity index (χ3v) is 6.73. The highest BCUT2D eigenvalue weighted by Gasteiger charge is 2.55. The van der Waals surface area contributed by atoms with Gasteiger partial charge in [-0.2, -0.15) is 10.5 Å². The van der Waals surface area contributed by atoms with Gasteiger partial charge < -0.3 is 0 Å². The minimum absolute atomic E-state index is 0.753. The van der Waals surface area contributed by atoms with Gasteiger partial charge in [0.05, 0.1) is 12.1 Å². The molecule has 24 heavy (non-hydrogen) atoms. The van der Waals surface area contributed by atoms with Crippen LogP contribution < -0.4 is 0 Å². The molecule has 0 aromatic heterocycles.